The highest BCUT2D eigenvalue weighted by Gasteiger charge is 2.32. The van der Waals surface area contributed by atoms with Crippen LogP contribution in [0.3, 0.4) is 0 Å². The molecule has 0 aliphatic carbocycles. The van der Waals surface area contributed by atoms with Gasteiger partial charge >= 0.3 is 17.8 Å². The first-order valence-corrected chi connectivity index (χ1v) is 14.2. The van der Waals surface area contributed by atoms with E-state index in [1.165, 1.54) is 74.6 Å². The molecule has 3 rings (SSSR count). The maximum atomic E-state index is 13.7. The number of aryl methyl sites for hydroxylation is 1. The molecule has 0 heterocycles. The van der Waals surface area contributed by atoms with E-state index in [-0.39, 0.29) is 41.9 Å². The number of carbonyl (C=O) groups is 6. The van der Waals surface area contributed by atoms with E-state index in [0.29, 0.717) is 16.7 Å². The van der Waals surface area contributed by atoms with Gasteiger partial charge in [0.15, 0.2) is 0 Å². The van der Waals surface area contributed by atoms with Crippen LogP contribution < -0.4 is 16.0 Å². The van der Waals surface area contributed by atoms with Crippen LogP contribution in [0.4, 0.5) is 17.1 Å². The van der Waals surface area contributed by atoms with Crippen LogP contribution in [0, 0.1) is 10.1 Å². The lowest BCUT2D eigenvalue weighted by Crippen LogP contribution is -2.54. The molecule has 0 bridgehead atoms. The number of carboxylic acid groups (broad SMARTS) is 2. The third-order valence-electron chi connectivity index (χ3n) is 7.36. The van der Waals surface area contributed by atoms with Crippen molar-refractivity contribution in [3.63, 3.8) is 0 Å². The van der Waals surface area contributed by atoms with E-state index in [0.717, 1.165) is 9.80 Å². The number of hydrogen-bond acceptors (Lipinski definition) is 8. The van der Waals surface area contributed by atoms with Crippen molar-refractivity contribution in [2.75, 3.05) is 11.9 Å². The zero-order valence-electron chi connectivity index (χ0n) is 25.7. The summed E-state index contributed by atoms with van der Waals surface area (Å²) in [7, 11) is 1.34. The van der Waals surface area contributed by atoms with Crippen molar-refractivity contribution in [1.29, 1.82) is 0 Å². The van der Waals surface area contributed by atoms with E-state index < -0.39 is 52.6 Å². The van der Waals surface area contributed by atoms with Gasteiger partial charge in [0.1, 0.15) is 12.1 Å². The Morgan fingerprint density at radius 2 is 1.53 bits per heavy atom. The Kier molecular flexibility index (Phi) is 11.5. The summed E-state index contributed by atoms with van der Waals surface area (Å²) in [6, 6.07) is 13.0. The van der Waals surface area contributed by atoms with E-state index in [4.69, 9.17) is 5.73 Å². The second kappa shape index (κ2) is 15.2. The molecule has 0 aromatic heterocycles. The second-order valence-electron chi connectivity index (χ2n) is 10.5. The van der Waals surface area contributed by atoms with Crippen molar-refractivity contribution in [3.05, 3.63) is 99.1 Å². The maximum Gasteiger partial charge on any atom is 0.395 e. The lowest BCUT2D eigenvalue weighted by Gasteiger charge is -2.30. The number of nitrogens with two attached hydrogens (primary N) is 1. The molecule has 15 nitrogen and oxygen atoms in total. The minimum atomic E-state index is -1.81. The van der Waals surface area contributed by atoms with Gasteiger partial charge in [-0.25, -0.2) is 9.59 Å². The molecule has 0 aliphatic heterocycles. The number of anilines is 2. The molecule has 0 unspecified atom stereocenters. The highest BCUT2D eigenvalue weighted by Crippen LogP contribution is 2.33. The quantitative estimate of drug-likeness (QED) is 0.120. The second-order valence-corrected chi connectivity index (χ2v) is 10.5. The van der Waals surface area contributed by atoms with Gasteiger partial charge in [0.05, 0.1) is 21.9 Å². The third kappa shape index (κ3) is 8.54. The normalized spacial score (nSPS) is 11.9. The average molecular weight is 648 g/mol. The molecule has 15 heteroatoms. The van der Waals surface area contributed by atoms with Crippen LogP contribution >= 0.6 is 0 Å². The molecule has 5 N–H and O–H groups in total. The number of carbonyl (C=O) groups excluding carboxylic acids is 4. The van der Waals surface area contributed by atoms with Gasteiger partial charge < -0.3 is 26.2 Å². The van der Waals surface area contributed by atoms with Crippen LogP contribution in [-0.2, 0) is 43.2 Å². The van der Waals surface area contributed by atoms with Gasteiger partial charge in [-0.15, -0.1) is 0 Å². The Balaban J connectivity index is 1.98. The summed E-state index contributed by atoms with van der Waals surface area (Å²) in [4.78, 5) is 87.1. The lowest BCUT2D eigenvalue weighted by molar-refractivity contribution is -0.384. The minimum absolute atomic E-state index is 0.0533. The van der Waals surface area contributed by atoms with Crippen LogP contribution in [0.2, 0.25) is 0 Å². The monoisotopic (exact) mass is 647 g/mol. The average Bonchev–Trinajstić information content (AvgIpc) is 3.03. The third-order valence-corrected chi connectivity index (χ3v) is 7.36. The largest absolute Gasteiger partial charge is 0.478 e. The van der Waals surface area contributed by atoms with Crippen LogP contribution in [0.15, 0.2) is 66.7 Å². The Morgan fingerprint density at radius 1 is 0.915 bits per heavy atom. The topological polar surface area (TPSA) is 231 Å². The van der Waals surface area contributed by atoms with Gasteiger partial charge in [0.2, 0.25) is 17.7 Å². The molecule has 0 radical (unpaired) electrons. The Morgan fingerprint density at radius 3 is 2.06 bits per heavy atom. The minimum Gasteiger partial charge on any atom is -0.478 e. The van der Waals surface area contributed by atoms with Crippen molar-refractivity contribution in [2.24, 2.45) is 5.73 Å². The zero-order valence-corrected chi connectivity index (χ0v) is 25.7. The maximum absolute atomic E-state index is 13.7. The molecule has 3 aromatic carbocycles. The van der Waals surface area contributed by atoms with Gasteiger partial charge in [0, 0.05) is 38.9 Å². The first kappa shape index (κ1) is 35.4. The van der Waals surface area contributed by atoms with Gasteiger partial charge in [-0.3, -0.25) is 34.2 Å². The Labute approximate surface area is 268 Å². The van der Waals surface area contributed by atoms with Crippen molar-refractivity contribution in [1.82, 2.24) is 10.2 Å². The van der Waals surface area contributed by atoms with Crippen molar-refractivity contribution in [3.8, 4) is 0 Å². The summed E-state index contributed by atoms with van der Waals surface area (Å²) in [5, 5.41) is 32.8. The molecule has 246 valence electrons. The molecule has 47 heavy (non-hydrogen) atoms. The van der Waals surface area contributed by atoms with Crippen molar-refractivity contribution < 1.29 is 43.9 Å². The fourth-order valence-corrected chi connectivity index (χ4v) is 5.05. The number of non-ortho nitro benzene ring substituents is 1. The zero-order chi connectivity index (χ0) is 35.0. The highest BCUT2D eigenvalue weighted by atomic mass is 16.6. The standard InChI is InChI=1S/C32H33N5O10/c1-4-21-15-20(11-14-25(21)36(30(41)32(44)45)26-8-6-5-7-23(26)31(42)43)16-24(34-18(2)38)29(40)35(3)27(28(33)39)17-19-9-12-22(13-10-19)37(46)47/h5-15,24,27H,4,16-17H2,1-3H3,(H2,33,39)(H,34,38)(H,42,43)(H,44,45)/t24-,27-/m0/s1. The number of carboxylic acids is 2. The van der Waals surface area contributed by atoms with Crippen LogP contribution in [0.25, 0.3) is 0 Å². The van der Waals surface area contributed by atoms with Crippen LogP contribution in [-0.4, -0.2) is 74.7 Å². The molecule has 0 aliphatic rings. The fourth-order valence-electron chi connectivity index (χ4n) is 5.05. The molecule has 4 amide bonds. The fraction of sp³-hybridized carbons (Fsp3) is 0.250. The number of aliphatic carboxylic acids is 1. The first-order chi connectivity index (χ1) is 22.2. The van der Waals surface area contributed by atoms with Gasteiger partial charge in [-0.1, -0.05) is 43.3 Å². The summed E-state index contributed by atoms with van der Waals surface area (Å²) >= 11 is 0. The number of aromatic carboxylic acids is 1. The van der Waals surface area contributed by atoms with E-state index >= 15 is 0 Å². The van der Waals surface area contributed by atoms with Gasteiger partial charge in [0.25, 0.3) is 5.69 Å². The molecule has 0 saturated carbocycles. The number of nitrogens with one attached hydrogen (secondary N) is 1. The number of nitro benzene ring substituents is 1. The SMILES string of the molecule is CCc1cc(C[C@H](NC(C)=O)C(=O)N(C)[C@@H](Cc2ccc([N+](=O)[O-])cc2)C(N)=O)ccc1N(C(=O)C(=O)O)c1ccccc1C(=O)O. The molecular formula is C32H33N5O10. The highest BCUT2D eigenvalue weighted by molar-refractivity contribution is 6.39. The number of amides is 4. The molecule has 3 aromatic rings. The molecule has 2 atom stereocenters. The van der Waals surface area contributed by atoms with Crippen molar-refractivity contribution >= 4 is 52.6 Å². The summed E-state index contributed by atoms with van der Waals surface area (Å²) < 4.78 is 0. The number of benzene rings is 3. The predicted molar refractivity (Wildman–Crippen MR) is 168 cm³/mol. The first-order valence-electron chi connectivity index (χ1n) is 14.2. The number of likely N-dealkylation sites (N-methyl/N-ethyl adjacent to an activating group) is 1. The molecular weight excluding hydrogens is 614 g/mol. The summed E-state index contributed by atoms with van der Waals surface area (Å²) in [5.41, 5.74) is 6.55. The van der Waals surface area contributed by atoms with E-state index in [1.54, 1.807) is 13.0 Å². The Bertz CT molecular complexity index is 1720. The predicted octanol–water partition coefficient (Wildman–Crippen LogP) is 2.21. The van der Waals surface area contributed by atoms with Crippen molar-refractivity contribution in [2.45, 2.75) is 45.2 Å². The number of rotatable bonds is 13. The van der Waals surface area contributed by atoms with Gasteiger partial charge in [-0.05, 0) is 41.3 Å². The van der Waals surface area contributed by atoms with E-state index in [2.05, 4.69) is 5.32 Å². The molecule has 0 spiro atoms. The number of para-hydroxylation sites is 1. The summed E-state index contributed by atoms with van der Waals surface area (Å²) in [6.45, 7) is 2.94. The van der Waals surface area contributed by atoms with E-state index in [9.17, 15) is 49.1 Å². The van der Waals surface area contributed by atoms with Crippen LogP contribution in [0.1, 0.15) is 40.9 Å². The smallest absolute Gasteiger partial charge is 0.395 e. The van der Waals surface area contributed by atoms with Crippen LogP contribution in [0.5, 0.6) is 0 Å². The summed E-state index contributed by atoms with van der Waals surface area (Å²) in [5.74, 6) is -6.62. The molecule has 0 saturated heterocycles. The number of nitrogens with zero attached hydrogens (tertiary/aromatic N) is 3. The number of nitro groups is 1. The number of hydrogen-bond donors (Lipinski definition) is 4. The molecule has 0 fully saturated rings. The van der Waals surface area contributed by atoms with E-state index in [1.807, 2.05) is 0 Å². The van der Waals surface area contributed by atoms with Gasteiger partial charge in [-0.2, -0.15) is 0 Å². The summed E-state index contributed by atoms with van der Waals surface area (Å²) in [6.07, 6.45) is 0.124. The number of primary amides is 1. The lowest BCUT2D eigenvalue weighted by atomic mass is 9.97. The Hall–Kier alpha value is -6.12.